The lowest BCUT2D eigenvalue weighted by molar-refractivity contribution is -0.104. The first-order chi connectivity index (χ1) is 15.0. The zero-order chi connectivity index (χ0) is 21.5. The zero-order valence-electron chi connectivity index (χ0n) is 18.2. The standard InChI is InChI=1S/C22H28N6O3/c1-25(2)21-24-19(12-26(21)3)15-10-17-18(11-15)23-5-4-20(17)27-6-8-28(9-7-27)22(29)31-16-13-30-14-16/h4-5,10,12,16H,6-9,11,13-14H2,1-3H3. The summed E-state index contributed by atoms with van der Waals surface area (Å²) in [6.07, 6.45) is 6.63. The first kappa shape index (κ1) is 19.9. The third kappa shape index (κ3) is 3.74. The number of hydrogen-bond donors (Lipinski definition) is 0. The van der Waals surface area contributed by atoms with Crippen molar-refractivity contribution in [2.24, 2.45) is 7.05 Å². The number of piperazine rings is 1. The summed E-state index contributed by atoms with van der Waals surface area (Å²) >= 11 is 0. The van der Waals surface area contributed by atoms with E-state index < -0.39 is 0 Å². The van der Waals surface area contributed by atoms with Crippen molar-refractivity contribution in [3.63, 3.8) is 0 Å². The first-order valence-electron chi connectivity index (χ1n) is 10.7. The molecule has 2 aliphatic heterocycles. The summed E-state index contributed by atoms with van der Waals surface area (Å²) in [5.41, 5.74) is 5.59. The summed E-state index contributed by atoms with van der Waals surface area (Å²) in [5.74, 6) is 0.927. The number of rotatable bonds is 4. The van der Waals surface area contributed by atoms with E-state index in [1.54, 1.807) is 4.90 Å². The van der Waals surface area contributed by atoms with Gasteiger partial charge in [0, 0.05) is 77.4 Å². The van der Waals surface area contributed by atoms with Gasteiger partial charge in [-0.05, 0) is 17.7 Å². The Hall–Kier alpha value is -3.07. The molecule has 3 aliphatic rings. The maximum absolute atomic E-state index is 12.3. The molecule has 0 saturated carbocycles. The molecule has 0 radical (unpaired) electrons. The number of nitrogens with zero attached hydrogens (tertiary/aromatic N) is 6. The number of imidazole rings is 1. The molecule has 5 rings (SSSR count). The molecular formula is C22H28N6O3. The summed E-state index contributed by atoms with van der Waals surface area (Å²) in [5, 5.41) is 0. The molecule has 2 fully saturated rings. The number of pyridine rings is 1. The molecule has 2 aromatic rings. The van der Waals surface area contributed by atoms with Crippen LogP contribution in [-0.4, -0.2) is 85.1 Å². The number of hydrogen-bond acceptors (Lipinski definition) is 7. The van der Waals surface area contributed by atoms with Crippen LogP contribution in [0.3, 0.4) is 0 Å². The van der Waals surface area contributed by atoms with Gasteiger partial charge in [0.15, 0.2) is 6.10 Å². The van der Waals surface area contributed by atoms with Crippen molar-refractivity contribution >= 4 is 29.4 Å². The molecule has 1 amide bonds. The summed E-state index contributed by atoms with van der Waals surface area (Å²) < 4.78 is 12.6. The molecule has 4 heterocycles. The van der Waals surface area contributed by atoms with Gasteiger partial charge in [0.25, 0.3) is 0 Å². The van der Waals surface area contributed by atoms with Crippen LogP contribution in [0.25, 0.3) is 11.6 Å². The summed E-state index contributed by atoms with van der Waals surface area (Å²) in [4.78, 5) is 27.9. The number of carbonyl (C=O) groups is 1. The molecule has 164 valence electrons. The van der Waals surface area contributed by atoms with E-state index in [-0.39, 0.29) is 12.2 Å². The van der Waals surface area contributed by atoms with Crippen LogP contribution in [0.1, 0.15) is 17.0 Å². The quantitative estimate of drug-likeness (QED) is 0.739. The lowest BCUT2D eigenvalue weighted by atomic mass is 10.1. The Morgan fingerprint density at radius 1 is 1.23 bits per heavy atom. The number of aryl methyl sites for hydroxylation is 1. The van der Waals surface area contributed by atoms with Crippen LogP contribution in [0.5, 0.6) is 0 Å². The number of carbonyl (C=O) groups excluding carboxylic acids is 1. The Kier molecular flexibility index (Phi) is 5.05. The topological polar surface area (TPSA) is 76.0 Å². The predicted octanol–water partition coefficient (Wildman–Crippen LogP) is 1.64. The molecule has 2 saturated heterocycles. The van der Waals surface area contributed by atoms with E-state index in [4.69, 9.17) is 14.5 Å². The number of ether oxygens (including phenoxy) is 2. The van der Waals surface area contributed by atoms with Gasteiger partial charge >= 0.3 is 6.09 Å². The SMILES string of the molecule is CN(C)c1nc(C2=Cc3c(N4CCN(C(=O)OC5COC5)CC4)ccnc3C2)cn1C. The fourth-order valence-electron chi connectivity index (χ4n) is 4.31. The highest BCUT2D eigenvalue weighted by Gasteiger charge is 2.29. The van der Waals surface area contributed by atoms with Gasteiger partial charge < -0.3 is 28.7 Å². The molecule has 0 unspecified atom stereocenters. The molecule has 9 nitrogen and oxygen atoms in total. The van der Waals surface area contributed by atoms with E-state index in [0.29, 0.717) is 26.3 Å². The van der Waals surface area contributed by atoms with Crippen LogP contribution in [-0.2, 0) is 22.9 Å². The van der Waals surface area contributed by atoms with Crippen LogP contribution in [0, 0.1) is 0 Å². The van der Waals surface area contributed by atoms with Gasteiger partial charge in [0.2, 0.25) is 5.95 Å². The average molecular weight is 425 g/mol. The Morgan fingerprint density at radius 3 is 2.65 bits per heavy atom. The highest BCUT2D eigenvalue weighted by Crippen LogP contribution is 2.36. The van der Waals surface area contributed by atoms with Crippen molar-refractivity contribution in [1.29, 1.82) is 0 Å². The molecule has 9 heteroatoms. The molecular weight excluding hydrogens is 396 g/mol. The predicted molar refractivity (Wildman–Crippen MR) is 118 cm³/mol. The number of anilines is 2. The van der Waals surface area contributed by atoms with E-state index in [9.17, 15) is 4.79 Å². The first-order valence-corrected chi connectivity index (χ1v) is 10.7. The summed E-state index contributed by atoms with van der Waals surface area (Å²) in [7, 11) is 6.01. The molecule has 31 heavy (non-hydrogen) atoms. The van der Waals surface area contributed by atoms with Crippen LogP contribution < -0.4 is 9.80 Å². The highest BCUT2D eigenvalue weighted by atomic mass is 16.6. The molecule has 1 aliphatic carbocycles. The number of fused-ring (bicyclic) bond motifs is 1. The van der Waals surface area contributed by atoms with Crippen molar-refractivity contribution < 1.29 is 14.3 Å². The van der Waals surface area contributed by atoms with Gasteiger partial charge in [-0.2, -0.15) is 0 Å². The van der Waals surface area contributed by atoms with Crippen molar-refractivity contribution in [2.45, 2.75) is 12.5 Å². The van der Waals surface area contributed by atoms with E-state index in [1.807, 2.05) is 36.8 Å². The Labute approximate surface area is 181 Å². The molecule has 0 spiro atoms. The van der Waals surface area contributed by atoms with Crippen molar-refractivity contribution in [3.8, 4) is 0 Å². The third-order valence-electron chi connectivity index (χ3n) is 6.06. The van der Waals surface area contributed by atoms with Crippen molar-refractivity contribution in [1.82, 2.24) is 19.4 Å². The molecule has 0 bridgehead atoms. The van der Waals surface area contributed by atoms with Gasteiger partial charge in [-0.25, -0.2) is 9.78 Å². The maximum Gasteiger partial charge on any atom is 0.410 e. The van der Waals surface area contributed by atoms with Gasteiger partial charge in [0.05, 0.1) is 24.6 Å². The van der Waals surface area contributed by atoms with Gasteiger partial charge in [0.1, 0.15) is 0 Å². The molecule has 0 aromatic carbocycles. The minimum Gasteiger partial charge on any atom is -0.441 e. The van der Waals surface area contributed by atoms with Gasteiger partial charge in [-0.1, -0.05) is 0 Å². The monoisotopic (exact) mass is 424 g/mol. The lowest BCUT2D eigenvalue weighted by Gasteiger charge is -2.37. The van der Waals surface area contributed by atoms with Crippen LogP contribution in [0.4, 0.5) is 16.4 Å². The smallest absolute Gasteiger partial charge is 0.410 e. The summed E-state index contributed by atoms with van der Waals surface area (Å²) in [6.45, 7) is 3.85. The normalized spacial score (nSPS) is 18.5. The lowest BCUT2D eigenvalue weighted by Crippen LogP contribution is -2.51. The molecule has 0 N–H and O–H groups in total. The second-order valence-corrected chi connectivity index (χ2v) is 8.49. The number of amides is 1. The largest absolute Gasteiger partial charge is 0.441 e. The Morgan fingerprint density at radius 2 is 2.00 bits per heavy atom. The van der Waals surface area contributed by atoms with Gasteiger partial charge in [-0.15, -0.1) is 0 Å². The van der Waals surface area contributed by atoms with Crippen molar-refractivity contribution in [2.75, 3.05) is 63.3 Å². The van der Waals surface area contributed by atoms with Crippen LogP contribution in [0.15, 0.2) is 18.5 Å². The highest BCUT2D eigenvalue weighted by molar-refractivity contribution is 5.91. The maximum atomic E-state index is 12.3. The van der Waals surface area contributed by atoms with E-state index in [2.05, 4.69) is 28.2 Å². The van der Waals surface area contributed by atoms with E-state index in [1.165, 1.54) is 11.3 Å². The average Bonchev–Trinajstić information content (AvgIpc) is 3.34. The van der Waals surface area contributed by atoms with Crippen molar-refractivity contribution in [3.05, 3.63) is 35.4 Å². The number of aromatic nitrogens is 3. The second-order valence-electron chi connectivity index (χ2n) is 8.49. The van der Waals surface area contributed by atoms with Gasteiger partial charge in [-0.3, -0.25) is 4.98 Å². The van der Waals surface area contributed by atoms with E-state index >= 15 is 0 Å². The molecule has 2 aromatic heterocycles. The third-order valence-corrected chi connectivity index (χ3v) is 6.06. The fraction of sp³-hybridized carbons (Fsp3) is 0.500. The number of allylic oxidation sites excluding steroid dienone is 1. The molecule has 0 atom stereocenters. The minimum absolute atomic E-state index is 0.0860. The van der Waals surface area contributed by atoms with Crippen LogP contribution >= 0.6 is 0 Å². The second kappa shape index (κ2) is 7.88. The van der Waals surface area contributed by atoms with E-state index in [0.717, 1.165) is 42.4 Å². The van der Waals surface area contributed by atoms with Crippen LogP contribution in [0.2, 0.25) is 0 Å². The zero-order valence-corrected chi connectivity index (χ0v) is 18.2. The Balaban J connectivity index is 1.30. The minimum atomic E-state index is -0.234. The fourth-order valence-corrected chi connectivity index (χ4v) is 4.31. The summed E-state index contributed by atoms with van der Waals surface area (Å²) in [6, 6.07) is 2.07. The Bertz CT molecular complexity index is 1020.